The molecule has 0 aliphatic carbocycles. The van der Waals surface area contributed by atoms with E-state index in [9.17, 15) is 4.79 Å². The number of imidazole rings is 1. The van der Waals surface area contributed by atoms with Gasteiger partial charge in [-0.05, 0) is 40.2 Å². The molecule has 0 unspecified atom stereocenters. The number of anilines is 1. The highest BCUT2D eigenvalue weighted by atomic mass is 79.9. The summed E-state index contributed by atoms with van der Waals surface area (Å²) in [7, 11) is 0. The highest BCUT2D eigenvalue weighted by Crippen LogP contribution is 2.20. The topological polar surface area (TPSA) is 68.8 Å². The Labute approximate surface area is 157 Å². The van der Waals surface area contributed by atoms with Gasteiger partial charge in [0.25, 0.3) is 5.91 Å². The van der Waals surface area contributed by atoms with E-state index in [2.05, 4.69) is 26.2 Å². The lowest BCUT2D eigenvalue weighted by Crippen LogP contribution is -2.10. The fourth-order valence-corrected chi connectivity index (χ4v) is 2.85. The largest absolute Gasteiger partial charge is 0.487 e. The second kappa shape index (κ2) is 7.05. The molecular weight excluding hydrogens is 398 g/mol. The smallest absolute Gasteiger partial charge is 0.258 e. The van der Waals surface area contributed by atoms with Crippen molar-refractivity contribution in [3.63, 3.8) is 0 Å². The van der Waals surface area contributed by atoms with Crippen LogP contribution in [0.25, 0.3) is 5.65 Å². The molecule has 0 bridgehead atoms. The summed E-state index contributed by atoms with van der Waals surface area (Å²) in [6, 6.07) is 14.7. The first-order valence-corrected chi connectivity index (χ1v) is 8.67. The highest BCUT2D eigenvalue weighted by molar-refractivity contribution is 9.10. The van der Waals surface area contributed by atoms with Gasteiger partial charge in [-0.25, -0.2) is 4.98 Å². The average molecular weight is 412 g/mol. The first-order chi connectivity index (χ1) is 12.7. The monoisotopic (exact) mass is 411 g/mol. The third-order valence-corrected chi connectivity index (χ3v) is 4.14. The van der Waals surface area contributed by atoms with Crippen LogP contribution in [0.3, 0.4) is 0 Å². The van der Waals surface area contributed by atoms with Gasteiger partial charge < -0.3 is 18.9 Å². The molecule has 3 heterocycles. The summed E-state index contributed by atoms with van der Waals surface area (Å²) in [5.74, 6) is 0.394. The first kappa shape index (κ1) is 16.4. The van der Waals surface area contributed by atoms with Crippen molar-refractivity contribution in [3.8, 4) is 5.75 Å². The number of fused-ring (bicyclic) bond motifs is 1. The van der Waals surface area contributed by atoms with Crippen LogP contribution in [0.4, 0.5) is 5.69 Å². The summed E-state index contributed by atoms with van der Waals surface area (Å²) in [5, 5.41) is 2.81. The van der Waals surface area contributed by atoms with Crippen molar-refractivity contribution in [2.45, 2.75) is 6.61 Å². The molecule has 130 valence electrons. The number of halogens is 1. The van der Waals surface area contributed by atoms with Gasteiger partial charge in [-0.2, -0.15) is 0 Å². The number of amides is 1. The standard InChI is InChI=1S/C19H14BrN3O3/c20-17-8-13(11-26-17)19(24)22-14-4-3-5-16(9-14)25-12-15-10-23-7-2-1-6-18(23)21-15/h1-11H,12H2,(H,22,24). The second-order valence-corrected chi connectivity index (χ2v) is 6.39. The van der Waals surface area contributed by atoms with Crippen LogP contribution < -0.4 is 10.1 Å². The number of benzene rings is 1. The predicted molar refractivity (Wildman–Crippen MR) is 100 cm³/mol. The molecule has 0 atom stereocenters. The summed E-state index contributed by atoms with van der Waals surface area (Å²) in [4.78, 5) is 16.7. The van der Waals surface area contributed by atoms with Crippen molar-refractivity contribution in [2.75, 3.05) is 5.32 Å². The SMILES string of the molecule is O=C(Nc1cccc(OCc2cn3ccccc3n2)c1)c1coc(Br)c1. The van der Waals surface area contributed by atoms with E-state index in [4.69, 9.17) is 9.15 Å². The zero-order chi connectivity index (χ0) is 17.9. The molecule has 0 spiro atoms. The van der Waals surface area contributed by atoms with Gasteiger partial charge in [0.2, 0.25) is 0 Å². The molecule has 0 saturated heterocycles. The van der Waals surface area contributed by atoms with Crippen molar-refractivity contribution in [1.29, 1.82) is 0 Å². The average Bonchev–Trinajstić information content (AvgIpc) is 3.26. The number of hydrogen-bond acceptors (Lipinski definition) is 4. The number of ether oxygens (including phenoxy) is 1. The van der Waals surface area contributed by atoms with E-state index in [1.807, 2.05) is 47.1 Å². The number of carbonyl (C=O) groups is 1. The van der Waals surface area contributed by atoms with Gasteiger partial charge in [0.05, 0.1) is 11.3 Å². The van der Waals surface area contributed by atoms with E-state index < -0.39 is 0 Å². The molecule has 1 aromatic carbocycles. The lowest BCUT2D eigenvalue weighted by molar-refractivity contribution is 0.102. The summed E-state index contributed by atoms with van der Waals surface area (Å²) in [5.41, 5.74) is 2.78. The maximum atomic E-state index is 12.2. The maximum absolute atomic E-state index is 12.2. The van der Waals surface area contributed by atoms with Crippen molar-refractivity contribution in [3.05, 3.63) is 83.1 Å². The Balaban J connectivity index is 1.43. The number of furan rings is 1. The number of hydrogen-bond donors (Lipinski definition) is 1. The maximum Gasteiger partial charge on any atom is 0.258 e. The molecule has 1 amide bonds. The molecule has 7 heteroatoms. The Morgan fingerprint density at radius 2 is 2.15 bits per heavy atom. The molecule has 0 fully saturated rings. The quantitative estimate of drug-likeness (QED) is 0.523. The first-order valence-electron chi connectivity index (χ1n) is 7.88. The Hall–Kier alpha value is -3.06. The molecule has 4 rings (SSSR count). The minimum atomic E-state index is -0.253. The zero-order valence-electron chi connectivity index (χ0n) is 13.6. The predicted octanol–water partition coefficient (Wildman–Crippen LogP) is 4.52. The molecule has 26 heavy (non-hydrogen) atoms. The third-order valence-electron chi connectivity index (χ3n) is 3.72. The molecule has 1 N–H and O–H groups in total. The molecule has 0 saturated carbocycles. The van der Waals surface area contributed by atoms with Gasteiger partial charge >= 0.3 is 0 Å². The van der Waals surface area contributed by atoms with E-state index in [-0.39, 0.29) is 5.91 Å². The molecular formula is C19H14BrN3O3. The van der Waals surface area contributed by atoms with Crippen molar-refractivity contribution in [1.82, 2.24) is 9.38 Å². The van der Waals surface area contributed by atoms with Gasteiger partial charge in [-0.1, -0.05) is 12.1 Å². The van der Waals surface area contributed by atoms with Crippen molar-refractivity contribution < 1.29 is 13.9 Å². The number of nitrogens with zero attached hydrogens (tertiary/aromatic N) is 2. The number of rotatable bonds is 5. The van der Waals surface area contributed by atoms with Crippen LogP contribution in [0.1, 0.15) is 16.1 Å². The van der Waals surface area contributed by atoms with E-state index in [0.717, 1.165) is 11.3 Å². The molecule has 0 aliphatic rings. The van der Waals surface area contributed by atoms with Crippen LogP contribution in [-0.2, 0) is 6.61 Å². The Kier molecular flexibility index (Phi) is 4.45. The van der Waals surface area contributed by atoms with Gasteiger partial charge in [0.15, 0.2) is 4.67 Å². The van der Waals surface area contributed by atoms with Crippen LogP contribution >= 0.6 is 15.9 Å². The highest BCUT2D eigenvalue weighted by Gasteiger charge is 2.10. The Morgan fingerprint density at radius 1 is 1.23 bits per heavy atom. The van der Waals surface area contributed by atoms with Gasteiger partial charge in [0, 0.05) is 30.2 Å². The molecule has 4 aromatic rings. The van der Waals surface area contributed by atoms with E-state index in [0.29, 0.717) is 28.3 Å². The molecule has 0 radical (unpaired) electrons. The molecule has 0 aliphatic heterocycles. The second-order valence-electron chi connectivity index (χ2n) is 5.61. The minimum absolute atomic E-state index is 0.253. The summed E-state index contributed by atoms with van der Waals surface area (Å²) in [6.07, 6.45) is 5.26. The van der Waals surface area contributed by atoms with E-state index >= 15 is 0 Å². The number of pyridine rings is 1. The van der Waals surface area contributed by atoms with Crippen LogP contribution in [-0.4, -0.2) is 15.3 Å². The van der Waals surface area contributed by atoms with Crippen LogP contribution in [0, 0.1) is 0 Å². The summed E-state index contributed by atoms with van der Waals surface area (Å²) >= 11 is 3.18. The van der Waals surface area contributed by atoms with Gasteiger partial charge in [0.1, 0.15) is 24.3 Å². The fourth-order valence-electron chi connectivity index (χ4n) is 2.51. The van der Waals surface area contributed by atoms with Gasteiger partial charge in [-0.15, -0.1) is 0 Å². The zero-order valence-corrected chi connectivity index (χ0v) is 15.1. The van der Waals surface area contributed by atoms with Crippen LogP contribution in [0.5, 0.6) is 5.75 Å². The Morgan fingerprint density at radius 3 is 2.96 bits per heavy atom. The van der Waals surface area contributed by atoms with Crippen LogP contribution in [0.15, 0.2) is 76.3 Å². The lowest BCUT2D eigenvalue weighted by atomic mass is 10.2. The van der Waals surface area contributed by atoms with Crippen molar-refractivity contribution >= 4 is 33.2 Å². The van der Waals surface area contributed by atoms with Crippen molar-refractivity contribution in [2.24, 2.45) is 0 Å². The minimum Gasteiger partial charge on any atom is -0.487 e. The number of aromatic nitrogens is 2. The van der Waals surface area contributed by atoms with E-state index in [1.54, 1.807) is 18.2 Å². The molecule has 6 nitrogen and oxygen atoms in total. The van der Waals surface area contributed by atoms with Gasteiger partial charge in [-0.3, -0.25) is 4.79 Å². The van der Waals surface area contributed by atoms with Crippen LogP contribution in [0.2, 0.25) is 0 Å². The normalized spacial score (nSPS) is 10.8. The number of carbonyl (C=O) groups excluding carboxylic acids is 1. The summed E-state index contributed by atoms with van der Waals surface area (Å²) in [6.45, 7) is 0.341. The van der Waals surface area contributed by atoms with E-state index in [1.165, 1.54) is 6.26 Å². The number of nitrogens with one attached hydrogen (secondary N) is 1. The molecule has 3 aromatic heterocycles. The lowest BCUT2D eigenvalue weighted by Gasteiger charge is -2.07. The third kappa shape index (κ3) is 3.62. The fraction of sp³-hybridized carbons (Fsp3) is 0.0526. The Bertz CT molecular complexity index is 1040. The summed E-state index contributed by atoms with van der Waals surface area (Å²) < 4.78 is 13.3.